The molecule has 1 aromatic rings. The van der Waals surface area contributed by atoms with Crippen LogP contribution < -0.4 is 14.4 Å². The average Bonchev–Trinajstić information content (AvgIpc) is 2.60. The van der Waals surface area contributed by atoms with Crippen LogP contribution in [0.2, 0.25) is 0 Å². The highest BCUT2D eigenvalue weighted by atomic mass is 32.2. The predicted octanol–water partition coefficient (Wildman–Crippen LogP) is 3.88. The van der Waals surface area contributed by atoms with Gasteiger partial charge in [0.1, 0.15) is 12.4 Å². The summed E-state index contributed by atoms with van der Waals surface area (Å²) in [6.45, 7) is 12.5. The lowest BCUT2D eigenvalue weighted by Crippen LogP contribution is -2.42. The van der Waals surface area contributed by atoms with E-state index in [9.17, 15) is 13.2 Å². The van der Waals surface area contributed by atoms with E-state index in [0.29, 0.717) is 29.6 Å². The Balaban J connectivity index is 2.40. The van der Waals surface area contributed by atoms with Crippen molar-refractivity contribution in [2.75, 3.05) is 28.5 Å². The quantitative estimate of drug-likeness (QED) is 0.759. The number of hydrogen-bond acceptors (Lipinski definition) is 4. The number of amides is 1. The molecule has 1 amide bonds. The molecule has 6 nitrogen and oxygen atoms in total. The number of ether oxygens (including phenoxy) is 1. The third-order valence-electron chi connectivity index (χ3n) is 4.42. The molecule has 0 radical (unpaired) electrons. The maximum atomic E-state index is 13.1. The number of carbonyl (C=O) groups excluding carboxylic acids is 1. The molecule has 0 spiro atoms. The Morgan fingerprint density at radius 3 is 2.44 bits per heavy atom. The molecule has 0 bridgehead atoms. The molecule has 152 valence electrons. The van der Waals surface area contributed by atoms with Gasteiger partial charge in [-0.05, 0) is 50.3 Å². The number of hydrogen-bond donors (Lipinski definition) is 1. The summed E-state index contributed by atoms with van der Waals surface area (Å²) >= 11 is 0. The average molecular weight is 397 g/mol. The van der Waals surface area contributed by atoms with E-state index < -0.39 is 15.4 Å². The van der Waals surface area contributed by atoms with Gasteiger partial charge in [-0.15, -0.1) is 0 Å². The first-order valence-electron chi connectivity index (χ1n) is 9.50. The third-order valence-corrected chi connectivity index (χ3v) is 6.07. The molecular weight excluding hydrogens is 364 g/mol. The smallest absolute Gasteiger partial charge is 0.236 e. The van der Waals surface area contributed by atoms with Crippen molar-refractivity contribution in [3.8, 4) is 5.75 Å². The standard InChI is InChI=1S/C20H32N2O4S/c1-14(2)9-10-22-17-11-16(21-27(24,25)12-15(3)4)7-8-18(17)26-13-20(5,6)19(22)23/h7-8,11,14-15,21H,9-10,12-13H2,1-6H3. The summed E-state index contributed by atoms with van der Waals surface area (Å²) in [5.74, 6) is 1.11. The molecule has 1 aliphatic heterocycles. The van der Waals surface area contributed by atoms with Gasteiger partial charge in [-0.1, -0.05) is 27.7 Å². The minimum atomic E-state index is -3.44. The summed E-state index contributed by atoms with van der Waals surface area (Å²) in [7, 11) is -3.44. The van der Waals surface area contributed by atoms with Crippen LogP contribution in [0.1, 0.15) is 48.0 Å². The van der Waals surface area contributed by atoms with E-state index in [-0.39, 0.29) is 24.2 Å². The summed E-state index contributed by atoms with van der Waals surface area (Å²) in [4.78, 5) is 14.8. The molecule has 7 heteroatoms. The van der Waals surface area contributed by atoms with Crippen LogP contribution in [0.5, 0.6) is 5.75 Å². The molecule has 0 aromatic heterocycles. The van der Waals surface area contributed by atoms with Crippen LogP contribution in [-0.2, 0) is 14.8 Å². The van der Waals surface area contributed by atoms with Crippen LogP contribution in [0, 0.1) is 17.3 Å². The Morgan fingerprint density at radius 1 is 1.19 bits per heavy atom. The number of anilines is 2. The molecule has 27 heavy (non-hydrogen) atoms. The number of fused-ring (bicyclic) bond motifs is 1. The fourth-order valence-electron chi connectivity index (χ4n) is 2.98. The first-order valence-corrected chi connectivity index (χ1v) is 11.2. The van der Waals surface area contributed by atoms with Gasteiger partial charge in [-0.3, -0.25) is 9.52 Å². The van der Waals surface area contributed by atoms with Crippen molar-refractivity contribution in [3.63, 3.8) is 0 Å². The van der Waals surface area contributed by atoms with Gasteiger partial charge in [0.15, 0.2) is 0 Å². The summed E-state index contributed by atoms with van der Waals surface area (Å²) in [6.07, 6.45) is 0.852. The Kier molecular flexibility index (Phi) is 6.45. The second-order valence-corrected chi connectivity index (χ2v) is 10.5. The molecule has 1 heterocycles. The fourth-order valence-corrected chi connectivity index (χ4v) is 4.42. The lowest BCUT2D eigenvalue weighted by Gasteiger charge is -2.28. The van der Waals surface area contributed by atoms with Gasteiger partial charge in [0, 0.05) is 6.54 Å². The first kappa shape index (κ1) is 21.5. The molecular formula is C20H32N2O4S. The van der Waals surface area contributed by atoms with Crippen molar-refractivity contribution in [1.29, 1.82) is 0 Å². The minimum Gasteiger partial charge on any atom is -0.490 e. The molecule has 0 atom stereocenters. The molecule has 1 N–H and O–H groups in total. The maximum Gasteiger partial charge on any atom is 0.236 e. The van der Waals surface area contributed by atoms with E-state index in [1.807, 2.05) is 27.7 Å². The van der Waals surface area contributed by atoms with E-state index in [1.165, 1.54) is 0 Å². The third kappa shape index (κ3) is 5.61. The number of sulfonamides is 1. The molecule has 1 aliphatic rings. The van der Waals surface area contributed by atoms with Crippen molar-refractivity contribution in [2.45, 2.75) is 48.0 Å². The van der Waals surface area contributed by atoms with Crippen molar-refractivity contribution in [1.82, 2.24) is 0 Å². The summed E-state index contributed by atoms with van der Waals surface area (Å²) in [6, 6.07) is 5.12. The largest absolute Gasteiger partial charge is 0.490 e. The monoisotopic (exact) mass is 396 g/mol. The minimum absolute atomic E-state index is 0.0101. The zero-order valence-electron chi connectivity index (χ0n) is 17.2. The molecule has 1 aromatic carbocycles. The van der Waals surface area contributed by atoms with Gasteiger partial charge >= 0.3 is 0 Å². The number of rotatable bonds is 7. The summed E-state index contributed by atoms with van der Waals surface area (Å²) in [5.41, 5.74) is 0.420. The van der Waals surface area contributed by atoms with Gasteiger partial charge in [0.2, 0.25) is 15.9 Å². The van der Waals surface area contributed by atoms with Crippen LogP contribution in [-0.4, -0.2) is 33.2 Å². The highest BCUT2D eigenvalue weighted by molar-refractivity contribution is 7.92. The lowest BCUT2D eigenvalue weighted by atomic mass is 9.92. The SMILES string of the molecule is CC(C)CCN1C(=O)C(C)(C)COc2ccc(NS(=O)(=O)CC(C)C)cc21. The highest BCUT2D eigenvalue weighted by Crippen LogP contribution is 2.38. The molecule has 0 fully saturated rings. The van der Waals surface area contributed by atoms with Crippen LogP contribution in [0.3, 0.4) is 0 Å². The number of carbonyl (C=O) groups is 1. The van der Waals surface area contributed by atoms with Crippen LogP contribution in [0.25, 0.3) is 0 Å². The van der Waals surface area contributed by atoms with Gasteiger partial charge in [0.25, 0.3) is 0 Å². The number of benzene rings is 1. The van der Waals surface area contributed by atoms with Crippen molar-refractivity contribution < 1.29 is 17.9 Å². The Bertz CT molecular complexity index is 785. The maximum absolute atomic E-state index is 13.1. The van der Waals surface area contributed by atoms with E-state index in [2.05, 4.69) is 18.6 Å². The van der Waals surface area contributed by atoms with Gasteiger partial charge < -0.3 is 9.64 Å². The Labute approximate surface area is 163 Å². The Hall–Kier alpha value is -1.76. The van der Waals surface area contributed by atoms with Crippen molar-refractivity contribution in [3.05, 3.63) is 18.2 Å². The summed E-state index contributed by atoms with van der Waals surface area (Å²) < 4.78 is 33.1. The van der Waals surface area contributed by atoms with Crippen LogP contribution in [0.15, 0.2) is 18.2 Å². The van der Waals surface area contributed by atoms with Gasteiger partial charge in [0.05, 0.1) is 22.5 Å². The fraction of sp³-hybridized carbons (Fsp3) is 0.650. The highest BCUT2D eigenvalue weighted by Gasteiger charge is 2.37. The van der Waals surface area contributed by atoms with Crippen molar-refractivity contribution in [2.24, 2.45) is 17.3 Å². The van der Waals surface area contributed by atoms with E-state index >= 15 is 0 Å². The van der Waals surface area contributed by atoms with E-state index in [0.717, 1.165) is 6.42 Å². The van der Waals surface area contributed by atoms with Crippen LogP contribution >= 0.6 is 0 Å². The van der Waals surface area contributed by atoms with Crippen molar-refractivity contribution >= 4 is 27.3 Å². The normalized spacial score (nSPS) is 16.9. The zero-order chi connectivity index (χ0) is 20.4. The zero-order valence-corrected chi connectivity index (χ0v) is 18.0. The second-order valence-electron chi connectivity index (χ2n) is 8.77. The number of nitrogens with one attached hydrogen (secondary N) is 1. The first-order chi connectivity index (χ1) is 12.4. The van der Waals surface area contributed by atoms with Crippen LogP contribution in [0.4, 0.5) is 11.4 Å². The second kappa shape index (κ2) is 8.09. The summed E-state index contributed by atoms with van der Waals surface area (Å²) in [5, 5.41) is 0. The lowest BCUT2D eigenvalue weighted by molar-refractivity contribution is -0.127. The number of nitrogens with zero attached hydrogens (tertiary/aromatic N) is 1. The van der Waals surface area contributed by atoms with Gasteiger partial charge in [-0.25, -0.2) is 8.42 Å². The molecule has 0 aliphatic carbocycles. The molecule has 2 rings (SSSR count). The molecule has 0 saturated carbocycles. The van der Waals surface area contributed by atoms with E-state index in [4.69, 9.17) is 4.74 Å². The molecule has 0 unspecified atom stereocenters. The van der Waals surface area contributed by atoms with Gasteiger partial charge in [-0.2, -0.15) is 0 Å². The topological polar surface area (TPSA) is 75.7 Å². The Morgan fingerprint density at radius 2 is 1.85 bits per heavy atom. The molecule has 0 saturated heterocycles. The predicted molar refractivity (Wildman–Crippen MR) is 110 cm³/mol. The van der Waals surface area contributed by atoms with E-state index in [1.54, 1.807) is 23.1 Å².